The van der Waals surface area contributed by atoms with Crippen LogP contribution in [0.25, 0.3) is 0 Å². The first-order valence-corrected chi connectivity index (χ1v) is 5.78. The van der Waals surface area contributed by atoms with Crippen LogP contribution in [0.5, 0.6) is 0 Å². The number of anilines is 1. The SMILES string of the molecule is Cc1ccnc(NCCc2cccs2)n1. The quantitative estimate of drug-likeness (QED) is 0.858. The second-order valence-corrected chi connectivity index (χ2v) is 4.31. The van der Waals surface area contributed by atoms with E-state index in [0.717, 1.165) is 18.7 Å². The molecular weight excluding hydrogens is 206 g/mol. The van der Waals surface area contributed by atoms with Crippen LogP contribution in [0.4, 0.5) is 5.95 Å². The summed E-state index contributed by atoms with van der Waals surface area (Å²) in [7, 11) is 0. The van der Waals surface area contributed by atoms with E-state index in [4.69, 9.17) is 0 Å². The first-order valence-electron chi connectivity index (χ1n) is 4.90. The van der Waals surface area contributed by atoms with Gasteiger partial charge in [-0.05, 0) is 30.9 Å². The van der Waals surface area contributed by atoms with Gasteiger partial charge in [0.05, 0.1) is 0 Å². The van der Waals surface area contributed by atoms with E-state index < -0.39 is 0 Å². The minimum absolute atomic E-state index is 0.714. The maximum absolute atomic E-state index is 4.27. The molecule has 0 aliphatic heterocycles. The van der Waals surface area contributed by atoms with Crippen LogP contribution in [0, 0.1) is 6.92 Å². The monoisotopic (exact) mass is 219 g/mol. The molecule has 0 bridgehead atoms. The average Bonchev–Trinajstić information content (AvgIpc) is 2.71. The molecule has 0 aliphatic carbocycles. The Bertz CT molecular complexity index is 412. The first kappa shape index (κ1) is 10.1. The second kappa shape index (κ2) is 4.89. The van der Waals surface area contributed by atoms with E-state index in [-0.39, 0.29) is 0 Å². The highest BCUT2D eigenvalue weighted by atomic mass is 32.1. The molecule has 0 radical (unpaired) electrons. The fraction of sp³-hybridized carbons (Fsp3) is 0.273. The molecule has 15 heavy (non-hydrogen) atoms. The van der Waals surface area contributed by atoms with E-state index in [9.17, 15) is 0 Å². The Kier molecular flexibility index (Phi) is 3.29. The largest absolute Gasteiger partial charge is 0.354 e. The number of nitrogens with one attached hydrogen (secondary N) is 1. The smallest absolute Gasteiger partial charge is 0.222 e. The molecule has 0 saturated heterocycles. The minimum Gasteiger partial charge on any atom is -0.354 e. The van der Waals surface area contributed by atoms with Gasteiger partial charge in [0, 0.05) is 23.3 Å². The summed E-state index contributed by atoms with van der Waals surface area (Å²) in [6.45, 7) is 2.84. The highest BCUT2D eigenvalue weighted by Crippen LogP contribution is 2.09. The molecule has 0 aliphatic rings. The van der Waals surface area contributed by atoms with E-state index in [0.29, 0.717) is 5.95 Å². The molecule has 1 N–H and O–H groups in total. The van der Waals surface area contributed by atoms with Gasteiger partial charge in [-0.15, -0.1) is 11.3 Å². The summed E-state index contributed by atoms with van der Waals surface area (Å²) in [5, 5.41) is 5.30. The predicted octanol–water partition coefficient (Wildman–Crippen LogP) is 2.50. The van der Waals surface area contributed by atoms with E-state index >= 15 is 0 Å². The zero-order valence-corrected chi connectivity index (χ0v) is 9.42. The molecular formula is C11H13N3S. The van der Waals surface area contributed by atoms with Gasteiger partial charge in [0.2, 0.25) is 5.95 Å². The lowest BCUT2D eigenvalue weighted by Gasteiger charge is -2.03. The maximum Gasteiger partial charge on any atom is 0.222 e. The van der Waals surface area contributed by atoms with Crippen molar-refractivity contribution in [2.45, 2.75) is 13.3 Å². The van der Waals surface area contributed by atoms with Crippen molar-refractivity contribution in [2.75, 3.05) is 11.9 Å². The fourth-order valence-electron chi connectivity index (χ4n) is 1.29. The van der Waals surface area contributed by atoms with Crippen molar-refractivity contribution in [1.29, 1.82) is 0 Å². The van der Waals surface area contributed by atoms with Crippen LogP contribution < -0.4 is 5.32 Å². The molecule has 2 rings (SSSR count). The topological polar surface area (TPSA) is 37.8 Å². The van der Waals surface area contributed by atoms with Gasteiger partial charge in [0.1, 0.15) is 0 Å². The highest BCUT2D eigenvalue weighted by molar-refractivity contribution is 7.09. The Balaban J connectivity index is 1.83. The molecule has 0 atom stereocenters. The van der Waals surface area contributed by atoms with Crippen LogP contribution in [0.15, 0.2) is 29.8 Å². The van der Waals surface area contributed by atoms with Crippen molar-refractivity contribution in [3.05, 3.63) is 40.3 Å². The lowest BCUT2D eigenvalue weighted by atomic mass is 10.3. The summed E-state index contributed by atoms with van der Waals surface area (Å²) >= 11 is 1.78. The van der Waals surface area contributed by atoms with Gasteiger partial charge in [-0.2, -0.15) is 0 Å². The fourth-order valence-corrected chi connectivity index (χ4v) is 2.00. The van der Waals surface area contributed by atoms with Gasteiger partial charge < -0.3 is 5.32 Å². The number of hydrogen-bond donors (Lipinski definition) is 1. The lowest BCUT2D eigenvalue weighted by molar-refractivity contribution is 0.988. The zero-order valence-electron chi connectivity index (χ0n) is 8.60. The van der Waals surface area contributed by atoms with Gasteiger partial charge in [-0.3, -0.25) is 0 Å². The molecule has 2 aromatic heterocycles. The summed E-state index contributed by atoms with van der Waals surface area (Å²) in [5.74, 6) is 0.714. The van der Waals surface area contributed by atoms with E-state index in [1.54, 1.807) is 17.5 Å². The van der Waals surface area contributed by atoms with Crippen LogP contribution in [-0.2, 0) is 6.42 Å². The van der Waals surface area contributed by atoms with Crippen molar-refractivity contribution in [3.8, 4) is 0 Å². The molecule has 0 spiro atoms. The average molecular weight is 219 g/mol. The van der Waals surface area contributed by atoms with Gasteiger partial charge >= 0.3 is 0 Å². The van der Waals surface area contributed by atoms with E-state index in [1.165, 1.54) is 4.88 Å². The van der Waals surface area contributed by atoms with E-state index in [1.807, 2.05) is 13.0 Å². The Morgan fingerprint density at radius 1 is 1.40 bits per heavy atom. The van der Waals surface area contributed by atoms with Crippen molar-refractivity contribution in [2.24, 2.45) is 0 Å². The highest BCUT2D eigenvalue weighted by Gasteiger charge is 1.96. The van der Waals surface area contributed by atoms with Crippen LogP contribution in [0.2, 0.25) is 0 Å². The van der Waals surface area contributed by atoms with Crippen molar-refractivity contribution in [3.63, 3.8) is 0 Å². The van der Waals surface area contributed by atoms with Crippen molar-refractivity contribution in [1.82, 2.24) is 9.97 Å². The zero-order chi connectivity index (χ0) is 10.5. The third kappa shape index (κ3) is 3.02. The number of thiophene rings is 1. The summed E-state index contributed by atoms with van der Waals surface area (Å²) in [6.07, 6.45) is 2.80. The normalized spacial score (nSPS) is 10.2. The van der Waals surface area contributed by atoms with Gasteiger partial charge in [0.25, 0.3) is 0 Å². The van der Waals surface area contributed by atoms with Gasteiger partial charge in [-0.1, -0.05) is 6.07 Å². The van der Waals surface area contributed by atoms with Crippen molar-refractivity contribution < 1.29 is 0 Å². The molecule has 0 aromatic carbocycles. The minimum atomic E-state index is 0.714. The Hall–Kier alpha value is -1.42. The summed E-state index contributed by atoms with van der Waals surface area (Å²) in [6, 6.07) is 6.11. The molecule has 0 saturated carbocycles. The van der Waals surface area contributed by atoms with Crippen molar-refractivity contribution >= 4 is 17.3 Å². The van der Waals surface area contributed by atoms with Gasteiger partial charge in [-0.25, -0.2) is 9.97 Å². The Morgan fingerprint density at radius 2 is 2.33 bits per heavy atom. The molecule has 78 valence electrons. The first-order chi connectivity index (χ1) is 7.34. The molecule has 0 unspecified atom stereocenters. The van der Waals surface area contributed by atoms with Gasteiger partial charge in [0.15, 0.2) is 0 Å². The molecule has 4 heteroatoms. The number of rotatable bonds is 4. The standard InChI is InChI=1S/C11H13N3S/c1-9-4-6-12-11(14-9)13-7-5-10-3-2-8-15-10/h2-4,6,8H,5,7H2,1H3,(H,12,13,14). The summed E-state index contributed by atoms with van der Waals surface area (Å²) < 4.78 is 0. The predicted molar refractivity (Wildman–Crippen MR) is 63.3 cm³/mol. The Labute approximate surface area is 93.2 Å². The summed E-state index contributed by atoms with van der Waals surface area (Å²) in [5.41, 5.74) is 0.989. The molecule has 2 aromatic rings. The molecule has 3 nitrogen and oxygen atoms in total. The van der Waals surface area contributed by atoms with Crippen LogP contribution in [-0.4, -0.2) is 16.5 Å². The third-order valence-electron chi connectivity index (χ3n) is 2.03. The number of aromatic nitrogens is 2. The molecule has 0 amide bonds. The molecule has 2 heterocycles. The van der Waals surface area contributed by atoms with Crippen LogP contribution >= 0.6 is 11.3 Å². The summed E-state index contributed by atoms with van der Waals surface area (Å²) in [4.78, 5) is 9.80. The van der Waals surface area contributed by atoms with Crippen LogP contribution in [0.1, 0.15) is 10.6 Å². The van der Waals surface area contributed by atoms with E-state index in [2.05, 4.69) is 32.8 Å². The maximum atomic E-state index is 4.27. The third-order valence-corrected chi connectivity index (χ3v) is 2.97. The number of aryl methyl sites for hydroxylation is 1. The lowest BCUT2D eigenvalue weighted by Crippen LogP contribution is -2.07. The Morgan fingerprint density at radius 3 is 3.07 bits per heavy atom. The number of hydrogen-bond acceptors (Lipinski definition) is 4. The number of nitrogens with zero attached hydrogens (tertiary/aromatic N) is 2. The van der Waals surface area contributed by atoms with Crippen LogP contribution in [0.3, 0.4) is 0 Å². The molecule has 0 fully saturated rings. The second-order valence-electron chi connectivity index (χ2n) is 3.28.